The van der Waals surface area contributed by atoms with Crippen molar-refractivity contribution in [3.05, 3.63) is 83.8 Å². The van der Waals surface area contributed by atoms with Gasteiger partial charge >= 0.3 is 0 Å². The van der Waals surface area contributed by atoms with E-state index in [1.807, 2.05) is 66.7 Å². The Hall–Kier alpha value is -3.55. The molecule has 0 bridgehead atoms. The lowest BCUT2D eigenvalue weighted by atomic mass is 10.2. The fraction of sp³-hybridized carbons (Fsp3) is 0.269. The molecule has 1 saturated heterocycles. The van der Waals surface area contributed by atoms with Crippen LogP contribution in [-0.2, 0) is 4.74 Å². The van der Waals surface area contributed by atoms with Gasteiger partial charge in [0, 0.05) is 31.5 Å². The van der Waals surface area contributed by atoms with E-state index in [4.69, 9.17) is 4.74 Å². The van der Waals surface area contributed by atoms with Gasteiger partial charge in [0.05, 0.1) is 18.9 Å². The molecule has 1 aliphatic rings. The number of aromatic nitrogens is 2. The van der Waals surface area contributed by atoms with Gasteiger partial charge in [-0.15, -0.1) is 0 Å². The van der Waals surface area contributed by atoms with Crippen molar-refractivity contribution in [2.24, 2.45) is 0 Å². The van der Waals surface area contributed by atoms with Crippen molar-refractivity contribution in [1.29, 1.82) is 0 Å². The van der Waals surface area contributed by atoms with Crippen LogP contribution in [-0.4, -0.2) is 60.2 Å². The quantitative estimate of drug-likeness (QED) is 0.489. The highest BCUT2D eigenvalue weighted by Crippen LogP contribution is 2.17. The molecule has 3 heterocycles. The first-order chi connectivity index (χ1) is 16.3. The van der Waals surface area contributed by atoms with Crippen LogP contribution in [0.25, 0.3) is 12.2 Å². The first-order valence-electron chi connectivity index (χ1n) is 11.3. The summed E-state index contributed by atoms with van der Waals surface area (Å²) >= 11 is 0. The van der Waals surface area contributed by atoms with Crippen LogP contribution in [0.5, 0.6) is 0 Å². The van der Waals surface area contributed by atoms with E-state index >= 15 is 0 Å². The van der Waals surface area contributed by atoms with Gasteiger partial charge in [-0.25, -0.2) is 4.98 Å². The molecule has 7 nitrogen and oxygen atoms in total. The van der Waals surface area contributed by atoms with Gasteiger partial charge in [0.2, 0.25) is 0 Å². The fourth-order valence-corrected chi connectivity index (χ4v) is 3.53. The van der Waals surface area contributed by atoms with E-state index in [1.165, 1.54) is 0 Å². The molecule has 0 unspecified atom stereocenters. The maximum absolute atomic E-state index is 12.5. The van der Waals surface area contributed by atoms with E-state index in [1.54, 1.807) is 12.3 Å². The van der Waals surface area contributed by atoms with Gasteiger partial charge in [-0.2, -0.15) is 0 Å². The lowest BCUT2D eigenvalue weighted by Crippen LogP contribution is -2.38. The Morgan fingerprint density at radius 3 is 2.64 bits per heavy atom. The lowest BCUT2D eigenvalue weighted by molar-refractivity contribution is 0.0374. The second-order valence-corrected chi connectivity index (χ2v) is 7.81. The topological polar surface area (TPSA) is 79.4 Å². The van der Waals surface area contributed by atoms with E-state index in [-0.39, 0.29) is 5.91 Å². The van der Waals surface area contributed by atoms with Gasteiger partial charge in [0.1, 0.15) is 11.5 Å². The minimum absolute atomic E-state index is 0.157. The van der Waals surface area contributed by atoms with E-state index < -0.39 is 0 Å². The summed E-state index contributed by atoms with van der Waals surface area (Å²) < 4.78 is 5.36. The molecule has 0 aliphatic carbocycles. The largest absolute Gasteiger partial charge is 0.379 e. The van der Waals surface area contributed by atoms with Gasteiger partial charge < -0.3 is 15.4 Å². The van der Waals surface area contributed by atoms with Crippen LogP contribution in [0.3, 0.4) is 0 Å². The molecule has 0 spiro atoms. The number of morpholine rings is 1. The smallest absolute Gasteiger partial charge is 0.269 e. The zero-order valence-corrected chi connectivity index (χ0v) is 18.6. The van der Waals surface area contributed by atoms with Crippen LogP contribution < -0.4 is 10.6 Å². The van der Waals surface area contributed by atoms with Crippen molar-refractivity contribution in [1.82, 2.24) is 20.2 Å². The number of anilines is 2. The minimum Gasteiger partial charge on any atom is -0.379 e. The molecule has 1 amide bonds. The number of ether oxygens (including phenoxy) is 1. The number of hydrogen-bond donors (Lipinski definition) is 2. The van der Waals surface area contributed by atoms with Crippen molar-refractivity contribution in [3.8, 4) is 0 Å². The van der Waals surface area contributed by atoms with Crippen molar-refractivity contribution >= 4 is 29.6 Å². The van der Waals surface area contributed by atoms with E-state index in [0.717, 1.165) is 56.2 Å². The summed E-state index contributed by atoms with van der Waals surface area (Å²) in [5.41, 5.74) is 3.30. The maximum atomic E-state index is 12.5. The molecule has 2 aromatic heterocycles. The van der Waals surface area contributed by atoms with Gasteiger partial charge in [0.25, 0.3) is 5.91 Å². The summed E-state index contributed by atoms with van der Waals surface area (Å²) in [5.74, 6) is 0.475. The highest BCUT2D eigenvalue weighted by atomic mass is 16.5. The van der Waals surface area contributed by atoms with Crippen molar-refractivity contribution in [2.75, 3.05) is 44.7 Å². The Morgan fingerprint density at radius 2 is 1.85 bits per heavy atom. The van der Waals surface area contributed by atoms with Crippen LogP contribution >= 0.6 is 0 Å². The Kier molecular flexibility index (Phi) is 8.16. The predicted molar refractivity (Wildman–Crippen MR) is 131 cm³/mol. The van der Waals surface area contributed by atoms with Crippen LogP contribution in [0.15, 0.2) is 66.9 Å². The molecule has 0 saturated carbocycles. The second-order valence-electron chi connectivity index (χ2n) is 7.81. The van der Waals surface area contributed by atoms with Crippen molar-refractivity contribution in [3.63, 3.8) is 0 Å². The first-order valence-corrected chi connectivity index (χ1v) is 11.3. The molecular weight excluding hydrogens is 414 g/mol. The number of benzene rings is 1. The fourth-order valence-electron chi connectivity index (χ4n) is 3.53. The average molecular weight is 444 g/mol. The van der Waals surface area contributed by atoms with Crippen LogP contribution in [0.1, 0.15) is 28.2 Å². The van der Waals surface area contributed by atoms with E-state index in [9.17, 15) is 4.79 Å². The third-order valence-corrected chi connectivity index (χ3v) is 5.34. The van der Waals surface area contributed by atoms with Crippen molar-refractivity contribution < 1.29 is 9.53 Å². The molecule has 4 rings (SSSR count). The summed E-state index contributed by atoms with van der Waals surface area (Å²) in [6.07, 6.45) is 6.69. The van der Waals surface area contributed by atoms with E-state index in [2.05, 4.69) is 25.5 Å². The van der Waals surface area contributed by atoms with Crippen molar-refractivity contribution in [2.45, 2.75) is 6.42 Å². The predicted octanol–water partition coefficient (Wildman–Crippen LogP) is 3.84. The molecular formula is C26H29N5O2. The van der Waals surface area contributed by atoms with Gasteiger partial charge in [-0.3, -0.25) is 14.7 Å². The first kappa shape index (κ1) is 22.6. The zero-order chi connectivity index (χ0) is 22.7. The molecule has 33 heavy (non-hydrogen) atoms. The van der Waals surface area contributed by atoms with Gasteiger partial charge in [-0.05, 0) is 61.0 Å². The molecule has 7 heteroatoms. The average Bonchev–Trinajstić information content (AvgIpc) is 2.87. The summed E-state index contributed by atoms with van der Waals surface area (Å²) in [5, 5.41) is 6.23. The third kappa shape index (κ3) is 7.24. The lowest BCUT2D eigenvalue weighted by Gasteiger charge is -2.26. The van der Waals surface area contributed by atoms with Crippen LogP contribution in [0.4, 0.5) is 11.5 Å². The summed E-state index contributed by atoms with van der Waals surface area (Å²) in [6.45, 7) is 5.10. The molecule has 1 fully saturated rings. The normalized spacial score (nSPS) is 14.3. The zero-order valence-electron chi connectivity index (χ0n) is 18.6. The Morgan fingerprint density at radius 1 is 1.00 bits per heavy atom. The number of rotatable bonds is 9. The second kappa shape index (κ2) is 11.9. The molecule has 0 atom stereocenters. The summed E-state index contributed by atoms with van der Waals surface area (Å²) in [4.78, 5) is 23.6. The standard InChI is InChI=1S/C26H29N5O2/c32-26(28-15-4-16-31-17-19-33-20-18-31)24-6-3-7-25(30-24)29-23-12-9-21(10-13-23)8-11-22-5-1-2-14-27-22/h1-3,5-14H,4,15-20H2,(H,28,32)(H,29,30)/b11-8+. The summed E-state index contributed by atoms with van der Waals surface area (Å²) in [6, 6.07) is 19.3. The minimum atomic E-state index is -0.157. The molecule has 170 valence electrons. The Balaban J connectivity index is 1.26. The van der Waals surface area contributed by atoms with Crippen LogP contribution in [0, 0.1) is 0 Å². The Labute approximate surface area is 194 Å². The molecule has 2 N–H and O–H groups in total. The monoisotopic (exact) mass is 443 g/mol. The van der Waals surface area contributed by atoms with E-state index in [0.29, 0.717) is 18.1 Å². The maximum Gasteiger partial charge on any atom is 0.269 e. The number of hydrogen-bond acceptors (Lipinski definition) is 6. The number of carbonyl (C=O) groups is 1. The Bertz CT molecular complexity index is 1050. The number of carbonyl (C=O) groups excluding carboxylic acids is 1. The highest BCUT2D eigenvalue weighted by Gasteiger charge is 2.11. The number of nitrogens with one attached hydrogen (secondary N) is 2. The molecule has 1 aromatic carbocycles. The van der Waals surface area contributed by atoms with Gasteiger partial charge in [0.15, 0.2) is 0 Å². The molecule has 1 aliphatic heterocycles. The SMILES string of the molecule is O=C(NCCCN1CCOCC1)c1cccc(Nc2ccc(/C=C/c3ccccn3)cc2)n1. The highest BCUT2D eigenvalue weighted by molar-refractivity contribution is 5.92. The third-order valence-electron chi connectivity index (χ3n) is 5.34. The van der Waals surface area contributed by atoms with Gasteiger partial charge in [-0.1, -0.05) is 30.3 Å². The summed E-state index contributed by atoms with van der Waals surface area (Å²) in [7, 11) is 0. The molecule has 0 radical (unpaired) electrons. The number of nitrogens with zero attached hydrogens (tertiary/aromatic N) is 3. The number of pyridine rings is 2. The van der Waals surface area contributed by atoms with Crippen LogP contribution in [0.2, 0.25) is 0 Å². The number of amides is 1. The molecule has 3 aromatic rings.